The average Bonchev–Trinajstić information content (AvgIpc) is 3.14. The van der Waals surface area contributed by atoms with E-state index in [0.29, 0.717) is 28.7 Å². The van der Waals surface area contributed by atoms with E-state index in [2.05, 4.69) is 120 Å². The van der Waals surface area contributed by atoms with Gasteiger partial charge >= 0.3 is 0 Å². The normalized spacial score (nSPS) is 11.1. The first-order valence-corrected chi connectivity index (χ1v) is 16.8. The molecule has 0 bridgehead atoms. The van der Waals surface area contributed by atoms with Crippen LogP contribution < -0.4 is 20.7 Å². The minimum absolute atomic E-state index is 0.480. The number of aromatic nitrogens is 3. The minimum atomic E-state index is -2.74. The maximum Gasteiger partial charge on any atom is 0.198 e. The molecule has 1 aromatic heterocycles. The van der Waals surface area contributed by atoms with Gasteiger partial charge in [0.25, 0.3) is 0 Å². The van der Waals surface area contributed by atoms with Gasteiger partial charge in [-0.15, -0.1) is 0 Å². The first kappa shape index (κ1) is 27.8. The van der Waals surface area contributed by atoms with Crippen LogP contribution in [0, 0.1) is 6.57 Å². The van der Waals surface area contributed by atoms with Gasteiger partial charge in [0.1, 0.15) is 0 Å². The summed E-state index contributed by atoms with van der Waals surface area (Å²) in [7, 11) is -2.74. The van der Waals surface area contributed by atoms with E-state index in [4.69, 9.17) is 21.5 Å². The van der Waals surface area contributed by atoms with Crippen LogP contribution in [0.25, 0.3) is 39.0 Å². The zero-order chi connectivity index (χ0) is 30.5. The zero-order valence-electron chi connectivity index (χ0n) is 24.5. The van der Waals surface area contributed by atoms with Crippen molar-refractivity contribution in [1.82, 2.24) is 15.0 Å². The van der Waals surface area contributed by atoms with E-state index in [-0.39, 0.29) is 0 Å². The van der Waals surface area contributed by atoms with Gasteiger partial charge in [0.05, 0.1) is 6.57 Å². The van der Waals surface area contributed by atoms with Crippen LogP contribution in [-0.4, -0.2) is 23.0 Å². The lowest BCUT2D eigenvalue weighted by molar-refractivity contribution is 1.08. The molecule has 7 aromatic rings. The lowest BCUT2D eigenvalue weighted by Crippen LogP contribution is -2.74. The van der Waals surface area contributed by atoms with Crippen molar-refractivity contribution in [2.75, 3.05) is 0 Å². The highest BCUT2D eigenvalue weighted by atomic mass is 28.3. The third kappa shape index (κ3) is 5.25. The summed E-state index contributed by atoms with van der Waals surface area (Å²) in [6.45, 7) is 7.77. The van der Waals surface area contributed by atoms with Crippen molar-refractivity contribution in [3.05, 3.63) is 181 Å². The van der Waals surface area contributed by atoms with Gasteiger partial charge in [-0.2, -0.15) is 0 Å². The largest absolute Gasteiger partial charge is 0.237 e. The van der Waals surface area contributed by atoms with Gasteiger partial charge < -0.3 is 0 Å². The highest BCUT2D eigenvalue weighted by Crippen LogP contribution is 2.30. The van der Waals surface area contributed by atoms with Crippen LogP contribution in [-0.2, 0) is 0 Å². The van der Waals surface area contributed by atoms with Crippen molar-refractivity contribution in [2.45, 2.75) is 0 Å². The molecule has 0 saturated heterocycles. The van der Waals surface area contributed by atoms with E-state index >= 15 is 0 Å². The van der Waals surface area contributed by atoms with E-state index in [1.165, 1.54) is 20.7 Å². The molecule has 0 N–H and O–H groups in total. The van der Waals surface area contributed by atoms with Gasteiger partial charge in [-0.05, 0) is 20.7 Å². The molecule has 0 unspecified atom stereocenters. The lowest BCUT2D eigenvalue weighted by Gasteiger charge is -2.34. The standard InChI is InChI=1S/C40H28N4Si/c1-41-37-28-15-14-27-36(37)40-43-38(30-17-6-2-7-18-30)42-39(44-40)31-19-16-26-35(29-31)45(32-20-8-3-9-21-32,33-22-10-4-11-23-33)34-24-12-5-13-25-34/h2-29H. The topological polar surface area (TPSA) is 43.0 Å². The summed E-state index contributed by atoms with van der Waals surface area (Å²) < 4.78 is 0. The maximum atomic E-state index is 7.77. The Bertz CT molecular complexity index is 2010. The molecular weight excluding hydrogens is 565 g/mol. The SMILES string of the molecule is [C-]#[N+]c1ccccc1-c1nc(-c2ccccc2)nc(-c2cccc([Si](c3ccccc3)(c3ccccc3)c3ccccc3)c2)n1. The number of hydrogen-bond acceptors (Lipinski definition) is 3. The Hall–Kier alpha value is -5.96. The Kier molecular flexibility index (Phi) is 7.63. The molecule has 212 valence electrons. The van der Waals surface area contributed by atoms with Gasteiger partial charge in [0, 0.05) is 16.7 Å². The Balaban J connectivity index is 1.50. The van der Waals surface area contributed by atoms with Gasteiger partial charge in [-0.25, -0.2) is 19.8 Å². The number of nitrogens with zero attached hydrogens (tertiary/aromatic N) is 4. The molecule has 0 atom stereocenters. The number of hydrogen-bond donors (Lipinski definition) is 0. The van der Waals surface area contributed by atoms with Crippen LogP contribution in [0.4, 0.5) is 5.69 Å². The van der Waals surface area contributed by atoms with Gasteiger partial charge in [-0.1, -0.05) is 170 Å². The Labute approximate surface area is 264 Å². The monoisotopic (exact) mass is 592 g/mol. The summed E-state index contributed by atoms with van der Waals surface area (Å²) in [5.41, 5.74) is 2.98. The average molecular weight is 593 g/mol. The van der Waals surface area contributed by atoms with Crippen LogP contribution in [0.1, 0.15) is 0 Å². The van der Waals surface area contributed by atoms with Crippen LogP contribution in [0.2, 0.25) is 0 Å². The fraction of sp³-hybridized carbons (Fsp3) is 0. The van der Waals surface area contributed by atoms with Crippen LogP contribution >= 0.6 is 0 Å². The molecule has 0 amide bonds. The molecule has 0 fully saturated rings. The second-order valence-corrected chi connectivity index (χ2v) is 14.5. The molecular formula is C40H28N4Si. The maximum absolute atomic E-state index is 7.77. The van der Waals surface area contributed by atoms with Gasteiger partial charge in [-0.3, -0.25) is 0 Å². The Morgan fingerprint density at radius 2 is 0.822 bits per heavy atom. The molecule has 0 spiro atoms. The van der Waals surface area contributed by atoms with Crippen LogP contribution in [0.15, 0.2) is 170 Å². The molecule has 5 heteroatoms. The van der Waals surface area contributed by atoms with E-state index in [1.54, 1.807) is 6.07 Å². The van der Waals surface area contributed by atoms with Crippen LogP contribution in [0.3, 0.4) is 0 Å². The van der Waals surface area contributed by atoms with E-state index < -0.39 is 8.07 Å². The molecule has 0 aliphatic heterocycles. The predicted octanol–water partition coefficient (Wildman–Crippen LogP) is 6.80. The lowest BCUT2D eigenvalue weighted by atomic mass is 10.1. The Morgan fingerprint density at radius 1 is 0.400 bits per heavy atom. The molecule has 0 aliphatic carbocycles. The summed E-state index contributed by atoms with van der Waals surface area (Å²) in [4.78, 5) is 18.6. The third-order valence-corrected chi connectivity index (χ3v) is 12.9. The third-order valence-electron chi connectivity index (χ3n) is 8.11. The van der Waals surface area contributed by atoms with E-state index in [9.17, 15) is 0 Å². The van der Waals surface area contributed by atoms with Crippen molar-refractivity contribution < 1.29 is 0 Å². The van der Waals surface area contributed by atoms with Crippen LogP contribution in [0.5, 0.6) is 0 Å². The number of rotatable bonds is 7. The summed E-state index contributed by atoms with van der Waals surface area (Å²) in [6.07, 6.45) is 0. The first-order chi connectivity index (χ1) is 22.3. The number of para-hydroxylation sites is 1. The first-order valence-electron chi connectivity index (χ1n) is 14.8. The van der Waals surface area contributed by atoms with Crippen molar-refractivity contribution in [1.29, 1.82) is 0 Å². The molecule has 45 heavy (non-hydrogen) atoms. The molecule has 0 aliphatic rings. The van der Waals surface area contributed by atoms with E-state index in [1.807, 2.05) is 48.5 Å². The molecule has 4 nitrogen and oxygen atoms in total. The second-order valence-electron chi connectivity index (χ2n) is 10.7. The Morgan fingerprint density at radius 3 is 1.38 bits per heavy atom. The highest BCUT2D eigenvalue weighted by Gasteiger charge is 2.41. The van der Waals surface area contributed by atoms with E-state index in [0.717, 1.165) is 11.1 Å². The molecule has 0 saturated carbocycles. The zero-order valence-corrected chi connectivity index (χ0v) is 25.5. The molecule has 6 aromatic carbocycles. The van der Waals surface area contributed by atoms with Crippen molar-refractivity contribution in [2.24, 2.45) is 0 Å². The van der Waals surface area contributed by atoms with Gasteiger partial charge in [0.15, 0.2) is 31.2 Å². The van der Waals surface area contributed by atoms with Crippen molar-refractivity contribution in [3.8, 4) is 34.2 Å². The van der Waals surface area contributed by atoms with Crippen molar-refractivity contribution in [3.63, 3.8) is 0 Å². The fourth-order valence-electron chi connectivity index (χ4n) is 6.06. The highest BCUT2D eigenvalue weighted by molar-refractivity contribution is 7.19. The summed E-state index contributed by atoms with van der Waals surface area (Å²) in [5, 5.41) is 5.12. The second kappa shape index (κ2) is 12.3. The summed E-state index contributed by atoms with van der Waals surface area (Å²) in [5.74, 6) is 1.62. The summed E-state index contributed by atoms with van der Waals surface area (Å²) >= 11 is 0. The molecule has 1 heterocycles. The fourth-order valence-corrected chi connectivity index (χ4v) is 10.9. The number of benzene rings is 6. The minimum Gasteiger partial charge on any atom is -0.237 e. The van der Waals surface area contributed by atoms with Crippen molar-refractivity contribution >= 4 is 34.5 Å². The van der Waals surface area contributed by atoms with Gasteiger partial charge in [0.2, 0.25) is 0 Å². The summed E-state index contributed by atoms with van der Waals surface area (Å²) in [6, 6.07) is 58.7. The smallest absolute Gasteiger partial charge is 0.198 e. The quantitative estimate of drug-likeness (QED) is 0.116. The molecule has 7 rings (SSSR count). The molecule has 0 radical (unpaired) electrons. The predicted molar refractivity (Wildman–Crippen MR) is 186 cm³/mol.